The molecule has 0 fully saturated rings. The molecular weight excluding hydrogens is 296 g/mol. The highest BCUT2D eigenvalue weighted by atomic mass is 35.5. The number of aliphatic hydroxyl groups excluding tert-OH is 1. The van der Waals surface area contributed by atoms with Crippen molar-refractivity contribution in [3.8, 4) is 0 Å². The number of hydrogen-bond donors (Lipinski definition) is 4. The maximum atomic E-state index is 11.9. The molecule has 4 N–H and O–H groups in total. The van der Waals surface area contributed by atoms with E-state index in [4.69, 9.17) is 21.8 Å². The number of rotatable bonds is 7. The summed E-state index contributed by atoms with van der Waals surface area (Å²) < 4.78 is 0. The molecule has 21 heavy (non-hydrogen) atoms. The predicted octanol–water partition coefficient (Wildman–Crippen LogP) is 1.40. The molecule has 6 nitrogen and oxygen atoms in total. The van der Waals surface area contributed by atoms with Crippen LogP contribution in [0.1, 0.15) is 18.9 Å². The number of hydrogen-bond acceptors (Lipinski definition) is 4. The van der Waals surface area contributed by atoms with Crippen molar-refractivity contribution in [2.45, 2.75) is 32.4 Å². The first-order valence-corrected chi connectivity index (χ1v) is 6.87. The van der Waals surface area contributed by atoms with Gasteiger partial charge in [0.15, 0.2) is 0 Å². The summed E-state index contributed by atoms with van der Waals surface area (Å²) in [6, 6.07) is 4.02. The maximum Gasteiger partial charge on any atom is 0.321 e. The van der Waals surface area contributed by atoms with Crippen molar-refractivity contribution in [2.24, 2.45) is 0 Å². The maximum absolute atomic E-state index is 11.9. The molecular formula is C14H19ClN2O4. The van der Waals surface area contributed by atoms with Crippen molar-refractivity contribution in [3.63, 3.8) is 0 Å². The first-order valence-electron chi connectivity index (χ1n) is 6.50. The lowest BCUT2D eigenvalue weighted by Crippen LogP contribution is -2.42. The monoisotopic (exact) mass is 314 g/mol. The van der Waals surface area contributed by atoms with Gasteiger partial charge in [0.2, 0.25) is 5.91 Å². The first kappa shape index (κ1) is 17.4. The van der Waals surface area contributed by atoms with Gasteiger partial charge in [-0.3, -0.25) is 9.59 Å². The average molecular weight is 315 g/mol. The molecule has 0 aromatic heterocycles. The van der Waals surface area contributed by atoms with Crippen molar-refractivity contribution in [3.05, 3.63) is 28.8 Å². The molecule has 0 bridgehead atoms. The zero-order chi connectivity index (χ0) is 16.0. The van der Waals surface area contributed by atoms with Gasteiger partial charge in [-0.05, 0) is 31.5 Å². The second kappa shape index (κ2) is 7.97. The molecule has 1 amide bonds. The van der Waals surface area contributed by atoms with E-state index in [1.165, 1.54) is 6.92 Å². The number of amides is 1. The van der Waals surface area contributed by atoms with Crippen LogP contribution in [0.5, 0.6) is 0 Å². The minimum Gasteiger partial charge on any atom is -0.480 e. The van der Waals surface area contributed by atoms with Crippen LogP contribution >= 0.6 is 11.6 Å². The molecule has 2 unspecified atom stereocenters. The summed E-state index contributed by atoms with van der Waals surface area (Å²) in [5, 5.41) is 23.9. The molecule has 0 spiro atoms. The molecule has 1 aromatic rings. The van der Waals surface area contributed by atoms with Crippen molar-refractivity contribution in [1.29, 1.82) is 0 Å². The van der Waals surface area contributed by atoms with Crippen LogP contribution in [0.15, 0.2) is 18.2 Å². The Hall–Kier alpha value is -1.63. The van der Waals surface area contributed by atoms with E-state index in [2.05, 4.69) is 10.6 Å². The lowest BCUT2D eigenvalue weighted by molar-refractivity contribution is -0.141. The second-order valence-electron chi connectivity index (χ2n) is 4.86. The third-order valence-corrected chi connectivity index (χ3v) is 3.06. The smallest absolute Gasteiger partial charge is 0.321 e. The zero-order valence-corrected chi connectivity index (χ0v) is 12.6. The van der Waals surface area contributed by atoms with E-state index >= 15 is 0 Å². The van der Waals surface area contributed by atoms with E-state index in [1.807, 2.05) is 6.92 Å². The van der Waals surface area contributed by atoms with Gasteiger partial charge in [0, 0.05) is 17.3 Å². The third-order valence-electron chi connectivity index (χ3n) is 2.82. The van der Waals surface area contributed by atoms with Crippen molar-refractivity contribution in [2.75, 3.05) is 11.9 Å². The van der Waals surface area contributed by atoms with Gasteiger partial charge in [-0.2, -0.15) is 0 Å². The Labute approximate surface area is 128 Å². The predicted molar refractivity (Wildman–Crippen MR) is 80.5 cm³/mol. The molecule has 1 aromatic carbocycles. The molecule has 0 aliphatic carbocycles. The number of aryl methyl sites for hydroxylation is 1. The molecule has 0 heterocycles. The van der Waals surface area contributed by atoms with Crippen LogP contribution in [0.2, 0.25) is 5.02 Å². The number of carbonyl (C=O) groups excluding carboxylic acids is 1. The molecule has 0 aliphatic heterocycles. The van der Waals surface area contributed by atoms with E-state index in [1.54, 1.807) is 18.2 Å². The SMILES string of the molecule is Cc1ccc(Cl)cc1NC(=O)CC(NCC(C)O)C(=O)O. The van der Waals surface area contributed by atoms with Crippen LogP contribution in [0, 0.1) is 6.92 Å². The molecule has 7 heteroatoms. The van der Waals surface area contributed by atoms with Gasteiger partial charge in [0.25, 0.3) is 0 Å². The van der Waals surface area contributed by atoms with Crippen molar-refractivity contribution < 1.29 is 19.8 Å². The molecule has 116 valence electrons. The lowest BCUT2D eigenvalue weighted by Gasteiger charge is -2.16. The highest BCUT2D eigenvalue weighted by molar-refractivity contribution is 6.31. The van der Waals surface area contributed by atoms with E-state index < -0.39 is 24.0 Å². The average Bonchev–Trinajstić information content (AvgIpc) is 2.38. The molecule has 0 radical (unpaired) electrons. The highest BCUT2D eigenvalue weighted by Crippen LogP contribution is 2.20. The summed E-state index contributed by atoms with van der Waals surface area (Å²) in [5.74, 6) is -1.58. The molecule has 0 aliphatic rings. The van der Waals surface area contributed by atoms with Crippen molar-refractivity contribution in [1.82, 2.24) is 5.32 Å². The Morgan fingerprint density at radius 1 is 1.38 bits per heavy atom. The van der Waals surface area contributed by atoms with Crippen LogP contribution in [0.25, 0.3) is 0 Å². The second-order valence-corrected chi connectivity index (χ2v) is 5.30. The van der Waals surface area contributed by atoms with Gasteiger partial charge < -0.3 is 20.8 Å². The summed E-state index contributed by atoms with van der Waals surface area (Å²) in [6.45, 7) is 3.44. The standard InChI is InChI=1S/C14H19ClN2O4/c1-8-3-4-10(15)5-11(8)17-13(19)6-12(14(20)21)16-7-9(2)18/h3-5,9,12,16,18H,6-7H2,1-2H3,(H,17,19)(H,20,21). The van der Waals surface area contributed by atoms with Gasteiger partial charge in [0.1, 0.15) is 6.04 Å². The van der Waals surface area contributed by atoms with Crippen LogP contribution in [-0.2, 0) is 9.59 Å². The van der Waals surface area contributed by atoms with Crippen LogP contribution in [0.4, 0.5) is 5.69 Å². The quantitative estimate of drug-likeness (QED) is 0.610. The van der Waals surface area contributed by atoms with Gasteiger partial charge >= 0.3 is 5.97 Å². The van der Waals surface area contributed by atoms with Crippen LogP contribution in [0.3, 0.4) is 0 Å². The minimum absolute atomic E-state index is 0.0977. The molecule has 0 saturated heterocycles. The van der Waals surface area contributed by atoms with E-state index in [9.17, 15) is 9.59 Å². The lowest BCUT2D eigenvalue weighted by atomic mass is 10.1. The van der Waals surface area contributed by atoms with E-state index in [-0.39, 0.29) is 13.0 Å². The van der Waals surface area contributed by atoms with Gasteiger partial charge in [-0.25, -0.2) is 0 Å². The van der Waals surface area contributed by atoms with E-state index in [0.717, 1.165) is 5.56 Å². The normalized spacial score (nSPS) is 13.5. The van der Waals surface area contributed by atoms with E-state index in [0.29, 0.717) is 10.7 Å². The number of aliphatic carboxylic acids is 1. The number of carbonyl (C=O) groups is 2. The third kappa shape index (κ3) is 6.12. The largest absolute Gasteiger partial charge is 0.480 e. The van der Waals surface area contributed by atoms with Crippen LogP contribution in [-0.4, -0.2) is 40.8 Å². The number of benzene rings is 1. The number of carboxylic acids is 1. The number of halogens is 1. The topological polar surface area (TPSA) is 98.7 Å². The fourth-order valence-electron chi connectivity index (χ4n) is 1.68. The highest BCUT2D eigenvalue weighted by Gasteiger charge is 2.21. The van der Waals surface area contributed by atoms with Gasteiger partial charge in [-0.15, -0.1) is 0 Å². The Kier molecular flexibility index (Phi) is 6.61. The number of nitrogens with one attached hydrogen (secondary N) is 2. The fourth-order valence-corrected chi connectivity index (χ4v) is 1.85. The zero-order valence-electron chi connectivity index (χ0n) is 11.9. The number of aliphatic hydroxyl groups is 1. The number of anilines is 1. The summed E-state index contributed by atoms with van der Waals surface area (Å²) in [4.78, 5) is 23.0. The fraction of sp³-hybridized carbons (Fsp3) is 0.429. The summed E-state index contributed by atoms with van der Waals surface area (Å²) in [7, 11) is 0. The molecule has 2 atom stereocenters. The Bertz CT molecular complexity index is 520. The molecule has 1 rings (SSSR count). The first-order chi connectivity index (χ1) is 9.79. The van der Waals surface area contributed by atoms with Gasteiger partial charge in [-0.1, -0.05) is 17.7 Å². The summed E-state index contributed by atoms with van der Waals surface area (Å²) >= 11 is 5.86. The minimum atomic E-state index is -1.14. The van der Waals surface area contributed by atoms with Crippen molar-refractivity contribution >= 4 is 29.2 Å². The molecule has 0 saturated carbocycles. The van der Waals surface area contributed by atoms with Gasteiger partial charge in [0.05, 0.1) is 12.5 Å². The summed E-state index contributed by atoms with van der Waals surface area (Å²) in [6.07, 6.45) is -0.932. The number of carboxylic acid groups (broad SMARTS) is 1. The summed E-state index contributed by atoms with van der Waals surface area (Å²) in [5.41, 5.74) is 1.38. The Balaban J connectivity index is 2.65. The van der Waals surface area contributed by atoms with Crippen LogP contribution < -0.4 is 10.6 Å². The Morgan fingerprint density at radius 3 is 2.62 bits per heavy atom. The Morgan fingerprint density at radius 2 is 2.05 bits per heavy atom.